The molecule has 0 spiro atoms. The number of amides is 1. The SMILES string of the molecule is COc1ccc(C(=O)Nc2cccc(SC)c2)cc1COc1cccc2ccccc12. The summed E-state index contributed by atoms with van der Waals surface area (Å²) in [5, 5.41) is 5.13. The minimum absolute atomic E-state index is 0.174. The summed E-state index contributed by atoms with van der Waals surface area (Å²) in [5.41, 5.74) is 2.12. The fourth-order valence-corrected chi connectivity index (χ4v) is 3.87. The van der Waals surface area contributed by atoms with E-state index in [1.807, 2.05) is 66.9 Å². The van der Waals surface area contributed by atoms with Crippen molar-refractivity contribution in [3.8, 4) is 11.5 Å². The number of anilines is 1. The van der Waals surface area contributed by atoms with E-state index in [9.17, 15) is 4.79 Å². The van der Waals surface area contributed by atoms with Crippen LogP contribution in [0.25, 0.3) is 10.8 Å². The molecule has 0 aliphatic rings. The van der Waals surface area contributed by atoms with Gasteiger partial charge in [-0.2, -0.15) is 0 Å². The number of benzene rings is 4. The number of carbonyl (C=O) groups is 1. The van der Waals surface area contributed by atoms with Gasteiger partial charge in [-0.3, -0.25) is 4.79 Å². The summed E-state index contributed by atoms with van der Waals surface area (Å²) in [7, 11) is 1.62. The van der Waals surface area contributed by atoms with Gasteiger partial charge in [0.25, 0.3) is 5.91 Å². The summed E-state index contributed by atoms with van der Waals surface area (Å²) in [6.07, 6.45) is 2.01. The first-order chi connectivity index (χ1) is 15.2. The van der Waals surface area contributed by atoms with Crippen molar-refractivity contribution in [1.82, 2.24) is 0 Å². The lowest BCUT2D eigenvalue weighted by molar-refractivity contribution is 0.102. The van der Waals surface area contributed by atoms with Crippen LogP contribution in [0.4, 0.5) is 5.69 Å². The number of methoxy groups -OCH3 is 1. The van der Waals surface area contributed by atoms with Crippen LogP contribution in [0, 0.1) is 0 Å². The molecule has 1 N–H and O–H groups in total. The van der Waals surface area contributed by atoms with Crippen molar-refractivity contribution in [3.63, 3.8) is 0 Å². The lowest BCUT2D eigenvalue weighted by Crippen LogP contribution is -2.13. The van der Waals surface area contributed by atoms with Crippen molar-refractivity contribution >= 4 is 34.1 Å². The quantitative estimate of drug-likeness (QED) is 0.345. The minimum Gasteiger partial charge on any atom is -0.496 e. The molecule has 0 aliphatic heterocycles. The van der Waals surface area contributed by atoms with Gasteiger partial charge in [0.1, 0.15) is 18.1 Å². The summed E-state index contributed by atoms with van der Waals surface area (Å²) in [6.45, 7) is 0.292. The summed E-state index contributed by atoms with van der Waals surface area (Å²) in [6, 6.07) is 27.2. The predicted octanol–water partition coefficient (Wildman–Crippen LogP) is 6.40. The Hall–Kier alpha value is -3.44. The first-order valence-corrected chi connectivity index (χ1v) is 11.1. The molecule has 4 aromatic carbocycles. The summed E-state index contributed by atoms with van der Waals surface area (Å²) < 4.78 is 11.6. The molecule has 0 aliphatic carbocycles. The van der Waals surface area contributed by atoms with E-state index in [0.717, 1.165) is 32.7 Å². The molecule has 0 unspecified atom stereocenters. The van der Waals surface area contributed by atoms with Crippen molar-refractivity contribution in [3.05, 3.63) is 96.1 Å². The zero-order chi connectivity index (χ0) is 21.6. The lowest BCUT2D eigenvalue weighted by atomic mass is 10.1. The lowest BCUT2D eigenvalue weighted by Gasteiger charge is -2.14. The van der Waals surface area contributed by atoms with E-state index in [0.29, 0.717) is 17.9 Å². The molecular formula is C26H23NO3S. The van der Waals surface area contributed by atoms with Gasteiger partial charge in [-0.1, -0.05) is 42.5 Å². The van der Waals surface area contributed by atoms with Crippen LogP contribution in [0.5, 0.6) is 11.5 Å². The summed E-state index contributed by atoms with van der Waals surface area (Å²) >= 11 is 1.63. The second-order valence-electron chi connectivity index (χ2n) is 6.98. The highest BCUT2D eigenvalue weighted by atomic mass is 32.2. The zero-order valence-electron chi connectivity index (χ0n) is 17.4. The van der Waals surface area contributed by atoms with Gasteiger partial charge in [0.05, 0.1) is 7.11 Å². The maximum atomic E-state index is 12.8. The maximum Gasteiger partial charge on any atom is 0.255 e. The first-order valence-electron chi connectivity index (χ1n) is 9.91. The van der Waals surface area contributed by atoms with Crippen LogP contribution < -0.4 is 14.8 Å². The molecule has 1 amide bonds. The van der Waals surface area contributed by atoms with Gasteiger partial charge in [0.2, 0.25) is 0 Å². The number of carbonyl (C=O) groups excluding carboxylic acids is 1. The Morgan fingerprint density at radius 3 is 2.55 bits per heavy atom. The average Bonchev–Trinajstić information content (AvgIpc) is 2.82. The van der Waals surface area contributed by atoms with E-state index in [1.165, 1.54) is 0 Å². The first kappa shape index (κ1) is 20.8. The number of hydrogen-bond donors (Lipinski definition) is 1. The van der Waals surface area contributed by atoms with Crippen molar-refractivity contribution < 1.29 is 14.3 Å². The molecule has 156 valence electrons. The Balaban J connectivity index is 1.55. The fraction of sp³-hybridized carbons (Fsp3) is 0.115. The maximum absolute atomic E-state index is 12.8. The van der Waals surface area contributed by atoms with Crippen LogP contribution in [0.1, 0.15) is 15.9 Å². The molecule has 0 saturated carbocycles. The van der Waals surface area contributed by atoms with Crippen LogP contribution >= 0.6 is 11.8 Å². The topological polar surface area (TPSA) is 47.6 Å². The van der Waals surface area contributed by atoms with Crippen molar-refractivity contribution in [1.29, 1.82) is 0 Å². The third-order valence-corrected chi connectivity index (χ3v) is 5.73. The van der Waals surface area contributed by atoms with Gasteiger partial charge in [-0.25, -0.2) is 0 Å². The van der Waals surface area contributed by atoms with E-state index in [2.05, 4.69) is 17.4 Å². The van der Waals surface area contributed by atoms with Gasteiger partial charge in [0.15, 0.2) is 0 Å². The van der Waals surface area contributed by atoms with E-state index in [1.54, 1.807) is 31.0 Å². The summed E-state index contributed by atoms with van der Waals surface area (Å²) in [4.78, 5) is 13.9. The van der Waals surface area contributed by atoms with E-state index in [-0.39, 0.29) is 5.91 Å². The molecule has 31 heavy (non-hydrogen) atoms. The molecule has 0 heterocycles. The molecule has 4 aromatic rings. The van der Waals surface area contributed by atoms with Gasteiger partial charge in [-0.15, -0.1) is 11.8 Å². The molecule has 0 fully saturated rings. The second kappa shape index (κ2) is 9.58. The Kier molecular flexibility index (Phi) is 6.43. The largest absolute Gasteiger partial charge is 0.496 e. The molecule has 0 saturated heterocycles. The fourth-order valence-electron chi connectivity index (χ4n) is 3.41. The highest BCUT2D eigenvalue weighted by molar-refractivity contribution is 7.98. The Labute approximate surface area is 186 Å². The minimum atomic E-state index is -0.174. The Morgan fingerprint density at radius 1 is 0.903 bits per heavy atom. The normalized spacial score (nSPS) is 10.6. The Morgan fingerprint density at radius 2 is 1.71 bits per heavy atom. The molecular weight excluding hydrogens is 406 g/mol. The van der Waals surface area contributed by atoms with Crippen LogP contribution in [0.3, 0.4) is 0 Å². The molecule has 4 rings (SSSR count). The highest BCUT2D eigenvalue weighted by Gasteiger charge is 2.12. The van der Waals surface area contributed by atoms with Crippen LogP contribution in [-0.4, -0.2) is 19.3 Å². The number of hydrogen-bond acceptors (Lipinski definition) is 4. The van der Waals surface area contributed by atoms with Crippen LogP contribution in [-0.2, 0) is 6.61 Å². The van der Waals surface area contributed by atoms with Gasteiger partial charge in [0, 0.05) is 27.1 Å². The number of ether oxygens (including phenoxy) is 2. The van der Waals surface area contributed by atoms with E-state index in [4.69, 9.17) is 9.47 Å². The van der Waals surface area contributed by atoms with Crippen molar-refractivity contribution in [2.24, 2.45) is 0 Å². The second-order valence-corrected chi connectivity index (χ2v) is 7.86. The standard InChI is InChI=1S/C26H23NO3S/c1-29-24-14-13-19(26(28)27-21-9-6-10-22(16-21)31-2)15-20(24)17-30-25-12-5-8-18-7-3-4-11-23(18)25/h3-16H,17H2,1-2H3,(H,27,28). The number of nitrogens with one attached hydrogen (secondary N) is 1. The third kappa shape index (κ3) is 4.84. The monoisotopic (exact) mass is 429 g/mol. The van der Waals surface area contributed by atoms with Gasteiger partial charge in [-0.05, 0) is 54.1 Å². The summed E-state index contributed by atoms with van der Waals surface area (Å²) in [5.74, 6) is 1.30. The highest BCUT2D eigenvalue weighted by Crippen LogP contribution is 2.28. The molecule has 0 atom stereocenters. The van der Waals surface area contributed by atoms with Crippen LogP contribution in [0.15, 0.2) is 89.8 Å². The number of thioether (sulfide) groups is 1. The van der Waals surface area contributed by atoms with Gasteiger partial charge < -0.3 is 14.8 Å². The molecule has 0 bridgehead atoms. The van der Waals surface area contributed by atoms with Crippen molar-refractivity contribution in [2.75, 3.05) is 18.7 Å². The average molecular weight is 430 g/mol. The predicted molar refractivity (Wildman–Crippen MR) is 127 cm³/mol. The molecule has 5 heteroatoms. The van der Waals surface area contributed by atoms with Crippen molar-refractivity contribution in [2.45, 2.75) is 11.5 Å². The van der Waals surface area contributed by atoms with Crippen LogP contribution in [0.2, 0.25) is 0 Å². The number of fused-ring (bicyclic) bond motifs is 1. The van der Waals surface area contributed by atoms with E-state index >= 15 is 0 Å². The molecule has 0 aromatic heterocycles. The molecule has 4 nitrogen and oxygen atoms in total. The third-order valence-electron chi connectivity index (χ3n) is 5.00. The zero-order valence-corrected chi connectivity index (χ0v) is 18.2. The molecule has 0 radical (unpaired) electrons. The Bertz CT molecular complexity index is 1220. The van der Waals surface area contributed by atoms with E-state index < -0.39 is 0 Å². The van der Waals surface area contributed by atoms with Gasteiger partial charge >= 0.3 is 0 Å². The number of rotatable bonds is 7. The smallest absolute Gasteiger partial charge is 0.255 e.